The maximum atomic E-state index is 12.5. The van der Waals surface area contributed by atoms with Crippen LogP contribution in [0.4, 0.5) is 0 Å². The molecule has 1 aromatic carbocycles. The molecule has 2 aliphatic rings. The van der Waals surface area contributed by atoms with Gasteiger partial charge in [0.25, 0.3) is 0 Å². The van der Waals surface area contributed by atoms with Crippen molar-refractivity contribution in [1.82, 2.24) is 19.4 Å². The molecule has 5 nitrogen and oxygen atoms in total. The molecule has 4 rings (SSSR count). The van der Waals surface area contributed by atoms with E-state index in [4.69, 9.17) is 0 Å². The molecule has 0 radical (unpaired) electrons. The molecule has 1 aromatic heterocycles. The summed E-state index contributed by atoms with van der Waals surface area (Å²) in [5.41, 5.74) is 1.16. The third-order valence-corrected chi connectivity index (χ3v) is 6.37. The summed E-state index contributed by atoms with van der Waals surface area (Å²) in [5.74, 6) is 2.20. The maximum Gasteiger partial charge on any atom is 0.222 e. The van der Waals surface area contributed by atoms with Gasteiger partial charge in [-0.3, -0.25) is 9.69 Å². The average Bonchev–Trinajstić information content (AvgIpc) is 3.43. The molecule has 2 fully saturated rings. The third-order valence-electron chi connectivity index (χ3n) is 6.37. The number of hydrogen-bond acceptors (Lipinski definition) is 3. The monoisotopic (exact) mass is 380 g/mol. The summed E-state index contributed by atoms with van der Waals surface area (Å²) in [6.45, 7) is 5.63. The molecule has 0 bridgehead atoms. The first kappa shape index (κ1) is 19.2. The van der Waals surface area contributed by atoms with Gasteiger partial charge in [0.05, 0.1) is 0 Å². The Hall–Kier alpha value is -2.14. The largest absolute Gasteiger partial charge is 0.340 e. The summed E-state index contributed by atoms with van der Waals surface area (Å²) in [7, 11) is 0. The molecular formula is C23H32N4O. The van der Waals surface area contributed by atoms with E-state index in [1.165, 1.54) is 25.7 Å². The molecule has 1 aliphatic heterocycles. The molecule has 0 unspecified atom stereocenters. The Morgan fingerprint density at radius 3 is 2.50 bits per heavy atom. The number of benzene rings is 1. The summed E-state index contributed by atoms with van der Waals surface area (Å²) in [6.07, 6.45) is 11.2. The molecule has 5 heteroatoms. The Bertz CT molecular complexity index is 743. The van der Waals surface area contributed by atoms with Crippen LogP contribution in [0.1, 0.15) is 38.5 Å². The van der Waals surface area contributed by atoms with Crippen LogP contribution in [0.5, 0.6) is 0 Å². The van der Waals surface area contributed by atoms with E-state index in [0.717, 1.165) is 69.4 Å². The molecule has 1 aliphatic carbocycles. The van der Waals surface area contributed by atoms with Gasteiger partial charge in [-0.15, -0.1) is 0 Å². The van der Waals surface area contributed by atoms with Crippen LogP contribution in [-0.2, 0) is 11.3 Å². The van der Waals surface area contributed by atoms with E-state index in [1.54, 1.807) is 0 Å². The van der Waals surface area contributed by atoms with Crippen LogP contribution in [0, 0.1) is 5.92 Å². The molecule has 1 saturated carbocycles. The molecule has 28 heavy (non-hydrogen) atoms. The highest BCUT2D eigenvalue weighted by atomic mass is 16.2. The normalized spacial score (nSPS) is 18.6. The molecule has 0 spiro atoms. The van der Waals surface area contributed by atoms with Crippen LogP contribution in [0.3, 0.4) is 0 Å². The van der Waals surface area contributed by atoms with E-state index < -0.39 is 0 Å². The van der Waals surface area contributed by atoms with Crippen molar-refractivity contribution in [3.05, 3.63) is 42.7 Å². The summed E-state index contributed by atoms with van der Waals surface area (Å²) in [5, 5.41) is 0. The average molecular weight is 381 g/mol. The first-order chi connectivity index (χ1) is 13.8. The summed E-state index contributed by atoms with van der Waals surface area (Å²) in [4.78, 5) is 21.6. The predicted octanol–water partition coefficient (Wildman–Crippen LogP) is 3.66. The Balaban J connectivity index is 1.21. The second kappa shape index (κ2) is 9.37. The van der Waals surface area contributed by atoms with Crippen LogP contribution >= 0.6 is 0 Å². The number of hydrogen-bond donors (Lipinski definition) is 0. The van der Waals surface area contributed by atoms with Crippen molar-refractivity contribution in [1.29, 1.82) is 0 Å². The molecule has 2 aromatic rings. The van der Waals surface area contributed by atoms with Gasteiger partial charge in [-0.2, -0.15) is 0 Å². The minimum Gasteiger partial charge on any atom is -0.340 e. The smallest absolute Gasteiger partial charge is 0.222 e. The second-order valence-corrected chi connectivity index (χ2v) is 8.22. The first-order valence-corrected chi connectivity index (χ1v) is 10.9. The zero-order valence-electron chi connectivity index (χ0n) is 16.8. The third kappa shape index (κ3) is 4.82. The summed E-state index contributed by atoms with van der Waals surface area (Å²) < 4.78 is 2.23. The lowest BCUT2D eigenvalue weighted by atomic mass is 10.0. The van der Waals surface area contributed by atoms with Gasteiger partial charge in [-0.1, -0.05) is 56.0 Å². The Morgan fingerprint density at radius 1 is 1.00 bits per heavy atom. The fourth-order valence-corrected chi connectivity index (χ4v) is 4.59. The number of nitrogens with zero attached hydrogens (tertiary/aromatic N) is 4. The topological polar surface area (TPSA) is 41.4 Å². The molecule has 0 N–H and O–H groups in total. The van der Waals surface area contributed by atoms with Crippen LogP contribution in [0.15, 0.2) is 42.7 Å². The quantitative estimate of drug-likeness (QED) is 0.736. The van der Waals surface area contributed by atoms with E-state index in [2.05, 4.69) is 49.8 Å². The Morgan fingerprint density at radius 2 is 1.75 bits per heavy atom. The highest BCUT2D eigenvalue weighted by Gasteiger charge is 2.23. The van der Waals surface area contributed by atoms with Gasteiger partial charge >= 0.3 is 0 Å². The zero-order valence-corrected chi connectivity index (χ0v) is 16.8. The molecule has 2 heterocycles. The highest BCUT2D eigenvalue weighted by molar-refractivity contribution is 5.76. The zero-order chi connectivity index (χ0) is 19.2. The van der Waals surface area contributed by atoms with E-state index >= 15 is 0 Å². The molecule has 1 saturated heterocycles. The van der Waals surface area contributed by atoms with Gasteiger partial charge in [-0.05, 0) is 12.3 Å². The minimum absolute atomic E-state index is 0.368. The lowest BCUT2D eigenvalue weighted by Crippen LogP contribution is -2.49. The van der Waals surface area contributed by atoms with Crippen LogP contribution < -0.4 is 0 Å². The number of rotatable bonds is 7. The first-order valence-electron chi connectivity index (χ1n) is 10.9. The number of aromatic nitrogens is 2. The number of imidazole rings is 1. The van der Waals surface area contributed by atoms with E-state index in [-0.39, 0.29) is 0 Å². The van der Waals surface area contributed by atoms with Crippen molar-refractivity contribution in [3.8, 4) is 11.4 Å². The van der Waals surface area contributed by atoms with E-state index in [0.29, 0.717) is 5.91 Å². The maximum absolute atomic E-state index is 12.5. The van der Waals surface area contributed by atoms with Crippen molar-refractivity contribution < 1.29 is 4.79 Å². The van der Waals surface area contributed by atoms with Crippen molar-refractivity contribution in [2.24, 2.45) is 5.92 Å². The van der Waals surface area contributed by atoms with Gasteiger partial charge in [0.2, 0.25) is 5.91 Å². The van der Waals surface area contributed by atoms with E-state index in [9.17, 15) is 4.79 Å². The number of carbonyl (C=O) groups excluding carboxylic acids is 1. The SMILES string of the molecule is O=C(CCC1CCCC1)N1CCN(CCn2ccnc2-c2ccccc2)CC1. The molecular weight excluding hydrogens is 348 g/mol. The summed E-state index contributed by atoms with van der Waals surface area (Å²) in [6, 6.07) is 10.4. The fourth-order valence-electron chi connectivity index (χ4n) is 4.59. The molecule has 150 valence electrons. The predicted molar refractivity (Wildman–Crippen MR) is 112 cm³/mol. The lowest BCUT2D eigenvalue weighted by Gasteiger charge is -2.35. The molecule has 0 atom stereocenters. The minimum atomic E-state index is 0.368. The van der Waals surface area contributed by atoms with Crippen molar-refractivity contribution in [2.75, 3.05) is 32.7 Å². The van der Waals surface area contributed by atoms with Crippen molar-refractivity contribution >= 4 is 5.91 Å². The van der Waals surface area contributed by atoms with Gasteiger partial charge in [0, 0.05) is 63.6 Å². The van der Waals surface area contributed by atoms with E-state index in [1.807, 2.05) is 12.3 Å². The number of amides is 1. The standard InChI is InChI=1S/C23H32N4O/c28-22(11-10-20-6-4-5-7-20)26-17-14-25(15-18-26)16-19-27-13-12-24-23(27)21-8-2-1-3-9-21/h1-3,8-9,12-13,20H,4-7,10-11,14-19H2. The van der Waals surface area contributed by atoms with Crippen LogP contribution in [-0.4, -0.2) is 58.0 Å². The fraction of sp³-hybridized carbons (Fsp3) is 0.565. The van der Waals surface area contributed by atoms with Crippen LogP contribution in [0.25, 0.3) is 11.4 Å². The van der Waals surface area contributed by atoms with Gasteiger partial charge in [-0.25, -0.2) is 4.98 Å². The Labute approximate surface area is 168 Å². The van der Waals surface area contributed by atoms with Gasteiger partial charge in [0.15, 0.2) is 0 Å². The van der Waals surface area contributed by atoms with Crippen molar-refractivity contribution in [2.45, 2.75) is 45.1 Å². The second-order valence-electron chi connectivity index (χ2n) is 8.22. The Kier molecular flexibility index (Phi) is 6.42. The van der Waals surface area contributed by atoms with Crippen LogP contribution in [0.2, 0.25) is 0 Å². The summed E-state index contributed by atoms with van der Waals surface area (Å²) >= 11 is 0. The highest BCUT2D eigenvalue weighted by Crippen LogP contribution is 2.28. The number of piperazine rings is 1. The number of carbonyl (C=O) groups is 1. The lowest BCUT2D eigenvalue weighted by molar-refractivity contribution is -0.133. The van der Waals surface area contributed by atoms with Gasteiger partial charge in [0.1, 0.15) is 5.82 Å². The molecule has 1 amide bonds. The van der Waals surface area contributed by atoms with Crippen molar-refractivity contribution in [3.63, 3.8) is 0 Å². The van der Waals surface area contributed by atoms with Gasteiger partial charge < -0.3 is 9.47 Å².